The quantitative estimate of drug-likeness (QED) is 0.829. The molecule has 0 aromatic heterocycles. The molecule has 2 aromatic rings. The van der Waals surface area contributed by atoms with E-state index in [1.165, 1.54) is 11.1 Å². The summed E-state index contributed by atoms with van der Waals surface area (Å²) < 4.78 is 0. The molecule has 0 bridgehead atoms. The number of nitriles is 1. The molecule has 0 unspecified atom stereocenters. The molecule has 0 saturated heterocycles. The van der Waals surface area contributed by atoms with Crippen molar-refractivity contribution < 1.29 is 0 Å². The zero-order valence-electron chi connectivity index (χ0n) is 13.6. The van der Waals surface area contributed by atoms with Gasteiger partial charge in [0, 0.05) is 12.6 Å². The third kappa shape index (κ3) is 4.02. The molecule has 0 aliphatic rings. The van der Waals surface area contributed by atoms with Gasteiger partial charge in [0.2, 0.25) is 0 Å². The van der Waals surface area contributed by atoms with Gasteiger partial charge < -0.3 is 11.1 Å². The van der Waals surface area contributed by atoms with E-state index in [-0.39, 0.29) is 5.70 Å². The van der Waals surface area contributed by atoms with Crippen LogP contribution in [-0.4, -0.2) is 7.05 Å². The van der Waals surface area contributed by atoms with Gasteiger partial charge >= 0.3 is 0 Å². The smallest absolute Gasteiger partial charge is 0.135 e. The molecular weight excluding hydrogens is 282 g/mol. The first-order chi connectivity index (χ1) is 11.0. The first-order valence-corrected chi connectivity index (χ1v) is 7.47. The molecule has 23 heavy (non-hydrogen) atoms. The van der Waals surface area contributed by atoms with Gasteiger partial charge in [0.1, 0.15) is 11.8 Å². The van der Waals surface area contributed by atoms with E-state index in [2.05, 4.69) is 43.1 Å². The van der Waals surface area contributed by atoms with E-state index < -0.39 is 0 Å². The summed E-state index contributed by atoms with van der Waals surface area (Å²) in [5, 5.41) is 11.9. The summed E-state index contributed by atoms with van der Waals surface area (Å²) in [4.78, 5) is 0. The van der Waals surface area contributed by atoms with E-state index in [4.69, 9.17) is 11.0 Å². The molecule has 0 amide bonds. The summed E-state index contributed by atoms with van der Waals surface area (Å²) >= 11 is 0. The Labute approximate surface area is 137 Å². The minimum Gasteiger partial charge on any atom is -0.388 e. The number of nitrogens with two attached hydrogens (primary N) is 1. The monoisotopic (exact) mass is 303 g/mol. The molecule has 0 radical (unpaired) electrons. The number of benzene rings is 2. The Morgan fingerprint density at radius 2 is 1.65 bits per heavy atom. The molecule has 2 rings (SSSR count). The van der Waals surface area contributed by atoms with Crippen LogP contribution in [0.2, 0.25) is 0 Å². The normalized spacial score (nSPS) is 11.3. The Morgan fingerprint density at radius 3 is 2.17 bits per heavy atom. The maximum atomic E-state index is 8.93. The third-order valence-electron chi connectivity index (χ3n) is 3.76. The molecule has 0 spiro atoms. The molecule has 0 aliphatic heterocycles. The van der Waals surface area contributed by atoms with Gasteiger partial charge in [0.15, 0.2) is 0 Å². The van der Waals surface area contributed by atoms with Crippen LogP contribution < -0.4 is 11.1 Å². The van der Waals surface area contributed by atoms with Crippen molar-refractivity contribution in [2.24, 2.45) is 5.73 Å². The lowest BCUT2D eigenvalue weighted by Gasteiger charge is -2.10. The van der Waals surface area contributed by atoms with E-state index in [0.29, 0.717) is 5.70 Å². The fourth-order valence-corrected chi connectivity index (χ4v) is 2.42. The summed E-state index contributed by atoms with van der Waals surface area (Å²) in [6, 6.07) is 18.4. The van der Waals surface area contributed by atoms with Crippen molar-refractivity contribution in [1.29, 1.82) is 5.26 Å². The molecule has 0 saturated carbocycles. The van der Waals surface area contributed by atoms with Gasteiger partial charge in [-0.3, -0.25) is 0 Å². The van der Waals surface area contributed by atoms with Crippen LogP contribution in [0.1, 0.15) is 22.3 Å². The van der Waals surface area contributed by atoms with Crippen molar-refractivity contribution in [2.45, 2.75) is 13.3 Å². The fourth-order valence-electron chi connectivity index (χ4n) is 2.42. The highest BCUT2D eigenvalue weighted by Crippen LogP contribution is 2.20. The lowest BCUT2D eigenvalue weighted by atomic mass is 9.98. The van der Waals surface area contributed by atoms with E-state index in [1.54, 1.807) is 7.05 Å². The van der Waals surface area contributed by atoms with Crippen molar-refractivity contribution in [3.63, 3.8) is 0 Å². The number of hydrogen-bond acceptors (Lipinski definition) is 3. The zero-order valence-corrected chi connectivity index (χ0v) is 13.6. The van der Waals surface area contributed by atoms with Gasteiger partial charge in [0.25, 0.3) is 0 Å². The van der Waals surface area contributed by atoms with Crippen LogP contribution in [0.15, 0.2) is 60.8 Å². The van der Waals surface area contributed by atoms with E-state index in [1.807, 2.05) is 30.3 Å². The Kier molecular flexibility index (Phi) is 5.22. The molecule has 3 heteroatoms. The minimum absolute atomic E-state index is 0.185. The fraction of sp³-hybridized carbons (Fsp3) is 0.150. The maximum Gasteiger partial charge on any atom is 0.135 e. The number of nitrogens with one attached hydrogen (secondary N) is 1. The second kappa shape index (κ2) is 7.33. The molecular formula is C20H21N3. The molecule has 0 atom stereocenters. The second-order valence-electron chi connectivity index (χ2n) is 5.49. The molecule has 116 valence electrons. The predicted octanol–water partition coefficient (Wildman–Crippen LogP) is 3.62. The highest BCUT2D eigenvalue weighted by atomic mass is 14.9. The standard InChI is InChI=1S/C20H21N3/c1-14-4-8-17(9-5-14)15(2)12-16-6-10-18(11-7-16)20(23-3)19(22)13-21/h4-11,23H,2,12,22H2,1,3H3/b20-19-. The van der Waals surface area contributed by atoms with Crippen molar-refractivity contribution in [1.82, 2.24) is 5.32 Å². The first-order valence-electron chi connectivity index (χ1n) is 7.47. The van der Waals surface area contributed by atoms with Gasteiger partial charge in [-0.15, -0.1) is 0 Å². The third-order valence-corrected chi connectivity index (χ3v) is 3.76. The average molecular weight is 303 g/mol. The topological polar surface area (TPSA) is 61.8 Å². The van der Waals surface area contributed by atoms with Crippen molar-refractivity contribution in [3.8, 4) is 6.07 Å². The van der Waals surface area contributed by atoms with Gasteiger partial charge in [-0.05, 0) is 30.0 Å². The highest BCUT2D eigenvalue weighted by molar-refractivity contribution is 5.70. The van der Waals surface area contributed by atoms with Gasteiger partial charge in [-0.1, -0.05) is 60.7 Å². The molecule has 0 fully saturated rings. The zero-order chi connectivity index (χ0) is 16.8. The van der Waals surface area contributed by atoms with Gasteiger partial charge in [-0.2, -0.15) is 5.26 Å². The average Bonchev–Trinajstić information content (AvgIpc) is 2.57. The largest absolute Gasteiger partial charge is 0.388 e. The molecule has 0 aliphatic carbocycles. The van der Waals surface area contributed by atoms with E-state index in [9.17, 15) is 0 Å². The maximum absolute atomic E-state index is 8.93. The van der Waals surface area contributed by atoms with Crippen molar-refractivity contribution in [3.05, 3.63) is 83.1 Å². The summed E-state index contributed by atoms with van der Waals surface area (Å²) in [6.45, 7) is 6.25. The Hall–Kier alpha value is -2.99. The Balaban J connectivity index is 2.16. The van der Waals surface area contributed by atoms with Crippen molar-refractivity contribution >= 4 is 11.3 Å². The van der Waals surface area contributed by atoms with Crippen LogP contribution in [0.5, 0.6) is 0 Å². The number of hydrogen-bond donors (Lipinski definition) is 2. The lowest BCUT2D eigenvalue weighted by Crippen LogP contribution is -2.12. The Bertz CT molecular complexity index is 760. The van der Waals surface area contributed by atoms with Crippen LogP contribution in [0, 0.1) is 18.3 Å². The Morgan fingerprint density at radius 1 is 1.09 bits per heavy atom. The van der Waals surface area contributed by atoms with Crippen LogP contribution >= 0.6 is 0 Å². The van der Waals surface area contributed by atoms with Gasteiger partial charge in [0.05, 0.1) is 5.70 Å². The molecule has 3 N–H and O–H groups in total. The summed E-state index contributed by atoms with van der Waals surface area (Å²) in [7, 11) is 1.76. The minimum atomic E-state index is 0.185. The van der Waals surface area contributed by atoms with E-state index in [0.717, 1.165) is 23.1 Å². The van der Waals surface area contributed by atoms with E-state index >= 15 is 0 Å². The predicted molar refractivity (Wildman–Crippen MR) is 96.1 cm³/mol. The first kappa shape index (κ1) is 16.4. The van der Waals surface area contributed by atoms with Gasteiger partial charge in [-0.25, -0.2) is 0 Å². The number of nitrogens with zero attached hydrogens (tertiary/aromatic N) is 1. The van der Waals surface area contributed by atoms with Crippen molar-refractivity contribution in [2.75, 3.05) is 7.05 Å². The number of allylic oxidation sites excluding steroid dienone is 2. The second-order valence-corrected chi connectivity index (χ2v) is 5.49. The highest BCUT2D eigenvalue weighted by Gasteiger charge is 2.06. The lowest BCUT2D eigenvalue weighted by molar-refractivity contribution is 1.10. The SMILES string of the molecule is C=C(Cc1ccc(/C(NC)=C(/N)C#N)cc1)c1ccc(C)cc1. The van der Waals surface area contributed by atoms with Crippen LogP contribution in [0.3, 0.4) is 0 Å². The van der Waals surface area contributed by atoms with Crippen LogP contribution in [0.4, 0.5) is 0 Å². The molecule has 0 heterocycles. The summed E-state index contributed by atoms with van der Waals surface area (Å²) in [5.41, 5.74) is 12.1. The number of aryl methyl sites for hydroxylation is 1. The summed E-state index contributed by atoms with van der Waals surface area (Å²) in [5.74, 6) is 0. The number of rotatable bonds is 5. The van der Waals surface area contributed by atoms with Crippen LogP contribution in [0.25, 0.3) is 11.3 Å². The molecule has 3 nitrogen and oxygen atoms in total. The van der Waals surface area contributed by atoms with Crippen LogP contribution in [-0.2, 0) is 6.42 Å². The summed E-state index contributed by atoms with van der Waals surface area (Å²) in [6.07, 6.45) is 0.787. The molecule has 2 aromatic carbocycles.